The Hall–Kier alpha value is -1.75. The van der Waals surface area contributed by atoms with E-state index in [9.17, 15) is 4.79 Å². The molecule has 1 heterocycles. The van der Waals surface area contributed by atoms with E-state index in [0.29, 0.717) is 23.1 Å². The predicted octanol–water partition coefficient (Wildman–Crippen LogP) is 1.87. The Balaban J connectivity index is 2.18. The number of rotatable bonds is 4. The van der Waals surface area contributed by atoms with Crippen LogP contribution in [-0.2, 0) is 0 Å². The monoisotopic (exact) mass is 292 g/mol. The molecular formula is C16H24N2O3. The fourth-order valence-corrected chi connectivity index (χ4v) is 2.81. The zero-order valence-electron chi connectivity index (χ0n) is 13.3. The van der Waals surface area contributed by atoms with Crippen LogP contribution < -0.4 is 9.47 Å². The molecule has 0 N–H and O–H groups in total. The molecule has 0 bridgehead atoms. The first-order chi connectivity index (χ1) is 10.1. The third-order valence-corrected chi connectivity index (χ3v) is 4.12. The van der Waals surface area contributed by atoms with Crippen molar-refractivity contribution < 1.29 is 14.3 Å². The van der Waals surface area contributed by atoms with Crippen molar-refractivity contribution in [2.24, 2.45) is 0 Å². The summed E-state index contributed by atoms with van der Waals surface area (Å²) in [6.07, 6.45) is 1.99. The van der Waals surface area contributed by atoms with Crippen molar-refractivity contribution in [2.45, 2.75) is 18.9 Å². The fourth-order valence-electron chi connectivity index (χ4n) is 2.81. The average molecular weight is 292 g/mol. The van der Waals surface area contributed by atoms with Gasteiger partial charge in [-0.3, -0.25) is 4.79 Å². The summed E-state index contributed by atoms with van der Waals surface area (Å²) in [5, 5.41) is 0. The standard InChI is InChI=1S/C16H24N2O3/c1-17(2)12-8-10-18(11-9-12)16(19)15-13(20-3)6-5-7-14(15)21-4/h5-7,12H,8-11H2,1-4H3. The van der Waals surface area contributed by atoms with E-state index < -0.39 is 0 Å². The Morgan fingerprint density at radius 2 is 1.67 bits per heavy atom. The maximum atomic E-state index is 12.8. The van der Waals surface area contributed by atoms with Crippen LogP contribution in [-0.4, -0.2) is 63.2 Å². The van der Waals surface area contributed by atoms with E-state index in [2.05, 4.69) is 19.0 Å². The first kappa shape index (κ1) is 15.6. The van der Waals surface area contributed by atoms with Gasteiger partial charge in [-0.15, -0.1) is 0 Å². The third kappa shape index (κ3) is 3.29. The third-order valence-electron chi connectivity index (χ3n) is 4.12. The van der Waals surface area contributed by atoms with Crippen LogP contribution in [0.25, 0.3) is 0 Å². The van der Waals surface area contributed by atoms with E-state index >= 15 is 0 Å². The van der Waals surface area contributed by atoms with E-state index in [0.717, 1.165) is 25.9 Å². The van der Waals surface area contributed by atoms with Gasteiger partial charge in [-0.05, 0) is 39.1 Å². The lowest BCUT2D eigenvalue weighted by Crippen LogP contribution is -2.44. The summed E-state index contributed by atoms with van der Waals surface area (Å²) in [6.45, 7) is 1.53. The number of nitrogens with zero attached hydrogens (tertiary/aromatic N) is 2. The zero-order valence-corrected chi connectivity index (χ0v) is 13.3. The number of hydrogen-bond donors (Lipinski definition) is 0. The van der Waals surface area contributed by atoms with Crippen LogP contribution in [0, 0.1) is 0 Å². The quantitative estimate of drug-likeness (QED) is 0.849. The molecular weight excluding hydrogens is 268 g/mol. The SMILES string of the molecule is COc1cccc(OC)c1C(=O)N1CCC(N(C)C)CC1. The van der Waals surface area contributed by atoms with Crippen molar-refractivity contribution in [1.29, 1.82) is 0 Å². The summed E-state index contributed by atoms with van der Waals surface area (Å²) in [4.78, 5) is 16.9. The van der Waals surface area contributed by atoms with Crippen molar-refractivity contribution in [3.8, 4) is 11.5 Å². The van der Waals surface area contributed by atoms with Crippen molar-refractivity contribution in [3.63, 3.8) is 0 Å². The molecule has 0 unspecified atom stereocenters. The smallest absolute Gasteiger partial charge is 0.261 e. The van der Waals surface area contributed by atoms with Crippen LogP contribution in [0.15, 0.2) is 18.2 Å². The van der Waals surface area contributed by atoms with Crippen LogP contribution in [0.5, 0.6) is 11.5 Å². The average Bonchev–Trinajstić information content (AvgIpc) is 2.53. The summed E-state index contributed by atoms with van der Waals surface area (Å²) in [7, 11) is 7.32. The van der Waals surface area contributed by atoms with Gasteiger partial charge in [-0.2, -0.15) is 0 Å². The summed E-state index contributed by atoms with van der Waals surface area (Å²) in [5.74, 6) is 1.12. The van der Waals surface area contributed by atoms with Gasteiger partial charge in [0.05, 0.1) is 14.2 Å². The van der Waals surface area contributed by atoms with Crippen molar-refractivity contribution in [3.05, 3.63) is 23.8 Å². The van der Waals surface area contributed by atoms with Crippen molar-refractivity contribution in [1.82, 2.24) is 9.80 Å². The molecule has 0 aromatic heterocycles. The van der Waals surface area contributed by atoms with Gasteiger partial charge in [0.15, 0.2) is 0 Å². The lowest BCUT2D eigenvalue weighted by Gasteiger charge is -2.35. The van der Waals surface area contributed by atoms with E-state index in [1.54, 1.807) is 26.4 Å². The largest absolute Gasteiger partial charge is 0.496 e. The van der Waals surface area contributed by atoms with E-state index in [1.165, 1.54) is 0 Å². The highest BCUT2D eigenvalue weighted by molar-refractivity contribution is 5.99. The first-order valence-electron chi connectivity index (χ1n) is 7.25. The number of hydrogen-bond acceptors (Lipinski definition) is 4. The molecule has 0 radical (unpaired) electrons. The molecule has 2 rings (SSSR count). The highest BCUT2D eigenvalue weighted by Crippen LogP contribution is 2.30. The second-order valence-corrected chi connectivity index (χ2v) is 5.52. The second-order valence-electron chi connectivity index (χ2n) is 5.52. The number of piperidine rings is 1. The molecule has 0 aliphatic carbocycles. The molecule has 1 saturated heterocycles. The summed E-state index contributed by atoms with van der Waals surface area (Å²) >= 11 is 0. The molecule has 0 atom stereocenters. The topological polar surface area (TPSA) is 42.0 Å². The minimum atomic E-state index is -0.0125. The van der Waals surface area contributed by atoms with Crippen molar-refractivity contribution >= 4 is 5.91 Å². The Labute approximate surface area is 126 Å². The van der Waals surface area contributed by atoms with Gasteiger partial charge in [0.25, 0.3) is 5.91 Å². The summed E-state index contributed by atoms with van der Waals surface area (Å²) < 4.78 is 10.6. The van der Waals surface area contributed by atoms with E-state index in [1.807, 2.05) is 11.0 Å². The Kier molecular flexibility index (Phi) is 5.07. The molecule has 0 spiro atoms. The Morgan fingerprint density at radius 3 is 2.10 bits per heavy atom. The van der Waals surface area contributed by atoms with Gasteiger partial charge in [0.1, 0.15) is 17.1 Å². The lowest BCUT2D eigenvalue weighted by molar-refractivity contribution is 0.0656. The Bertz CT molecular complexity index is 472. The number of ether oxygens (including phenoxy) is 2. The number of amides is 1. The maximum absolute atomic E-state index is 12.8. The van der Waals surface area contributed by atoms with Gasteiger partial charge < -0.3 is 19.3 Å². The normalized spacial score (nSPS) is 16.1. The summed E-state index contributed by atoms with van der Waals surface area (Å²) in [5.41, 5.74) is 0.519. The molecule has 5 nitrogen and oxygen atoms in total. The van der Waals surface area contributed by atoms with Crippen LogP contribution in [0.1, 0.15) is 23.2 Å². The molecule has 1 aliphatic heterocycles. The summed E-state index contributed by atoms with van der Waals surface area (Å²) in [6, 6.07) is 5.96. The zero-order chi connectivity index (χ0) is 15.4. The van der Waals surface area contributed by atoms with E-state index in [-0.39, 0.29) is 5.91 Å². The van der Waals surface area contributed by atoms with Crippen LogP contribution in [0.2, 0.25) is 0 Å². The molecule has 1 amide bonds. The Morgan fingerprint density at radius 1 is 1.14 bits per heavy atom. The van der Waals surface area contributed by atoms with Crippen molar-refractivity contribution in [2.75, 3.05) is 41.4 Å². The minimum absolute atomic E-state index is 0.0125. The molecule has 21 heavy (non-hydrogen) atoms. The lowest BCUT2D eigenvalue weighted by atomic mass is 10.0. The highest BCUT2D eigenvalue weighted by atomic mass is 16.5. The molecule has 5 heteroatoms. The van der Waals surface area contributed by atoms with Crippen LogP contribution >= 0.6 is 0 Å². The molecule has 1 aliphatic rings. The predicted molar refractivity (Wildman–Crippen MR) is 82.2 cm³/mol. The molecule has 116 valence electrons. The molecule has 1 fully saturated rings. The van der Waals surface area contributed by atoms with Gasteiger partial charge >= 0.3 is 0 Å². The molecule has 1 aromatic carbocycles. The van der Waals surface area contributed by atoms with E-state index in [4.69, 9.17) is 9.47 Å². The molecule has 0 saturated carbocycles. The van der Waals surface area contributed by atoms with Crippen LogP contribution in [0.3, 0.4) is 0 Å². The molecule has 1 aromatic rings. The maximum Gasteiger partial charge on any atom is 0.261 e. The number of carbonyl (C=O) groups excluding carboxylic acids is 1. The number of methoxy groups -OCH3 is 2. The van der Waals surface area contributed by atoms with Crippen LogP contribution in [0.4, 0.5) is 0 Å². The minimum Gasteiger partial charge on any atom is -0.496 e. The highest BCUT2D eigenvalue weighted by Gasteiger charge is 2.28. The first-order valence-corrected chi connectivity index (χ1v) is 7.25. The number of likely N-dealkylation sites (tertiary alicyclic amines) is 1. The fraction of sp³-hybridized carbons (Fsp3) is 0.562. The van der Waals surface area contributed by atoms with Gasteiger partial charge in [0, 0.05) is 19.1 Å². The van der Waals surface area contributed by atoms with Gasteiger partial charge in [-0.1, -0.05) is 6.07 Å². The van der Waals surface area contributed by atoms with Gasteiger partial charge in [0.2, 0.25) is 0 Å². The number of benzene rings is 1. The van der Waals surface area contributed by atoms with Gasteiger partial charge in [-0.25, -0.2) is 0 Å². The number of carbonyl (C=O) groups is 1. The second kappa shape index (κ2) is 6.80.